The highest BCUT2D eigenvalue weighted by Crippen LogP contribution is 2.50. The molecule has 3 aromatic carbocycles. The molecule has 2 heterocycles. The molecule has 1 atom stereocenters. The van der Waals surface area contributed by atoms with Crippen molar-refractivity contribution in [3.63, 3.8) is 0 Å². The van der Waals surface area contributed by atoms with Gasteiger partial charge in [0.15, 0.2) is 0 Å². The smallest absolute Gasteiger partial charge is 0.132 e. The fourth-order valence-corrected chi connectivity index (χ4v) is 5.39. The third-order valence-corrected chi connectivity index (χ3v) is 6.52. The van der Waals surface area contributed by atoms with Gasteiger partial charge in [0.1, 0.15) is 6.23 Å². The summed E-state index contributed by atoms with van der Waals surface area (Å²) in [5.74, 6) is 0. The first kappa shape index (κ1) is 17.2. The van der Waals surface area contributed by atoms with Crippen LogP contribution in [0.4, 0.5) is 0 Å². The lowest BCUT2D eigenvalue weighted by Crippen LogP contribution is -2.11. The molecule has 0 saturated heterocycles. The molecule has 1 unspecified atom stereocenters. The Bertz CT molecular complexity index is 1310. The fraction of sp³-hybridized carbons (Fsp3) is 0.250. The lowest BCUT2D eigenvalue weighted by atomic mass is 9.91. The number of nitrogens with zero attached hydrogens (tertiary/aromatic N) is 1. The van der Waals surface area contributed by atoms with Gasteiger partial charge < -0.3 is 19.9 Å². The average molecular weight is 386 g/mol. The molecule has 146 valence electrons. The summed E-state index contributed by atoms with van der Waals surface area (Å²) < 4.78 is 2.21. The van der Waals surface area contributed by atoms with E-state index in [9.17, 15) is 15.3 Å². The number of hydrogen-bond donors (Lipinski definition) is 4. The van der Waals surface area contributed by atoms with Crippen molar-refractivity contribution in [2.24, 2.45) is 0 Å². The zero-order valence-corrected chi connectivity index (χ0v) is 15.9. The van der Waals surface area contributed by atoms with Crippen molar-refractivity contribution in [2.45, 2.75) is 32.3 Å². The van der Waals surface area contributed by atoms with E-state index in [0.29, 0.717) is 13.1 Å². The summed E-state index contributed by atoms with van der Waals surface area (Å²) >= 11 is 0. The number of benzene rings is 3. The summed E-state index contributed by atoms with van der Waals surface area (Å²) in [7, 11) is 0. The summed E-state index contributed by atoms with van der Waals surface area (Å²) in [5, 5.41) is 35.7. The minimum Gasteiger partial charge on any atom is -0.395 e. The van der Waals surface area contributed by atoms with E-state index in [1.54, 1.807) is 0 Å². The van der Waals surface area contributed by atoms with E-state index >= 15 is 0 Å². The van der Waals surface area contributed by atoms with Gasteiger partial charge in [-0.3, -0.25) is 5.32 Å². The Labute approximate surface area is 167 Å². The molecule has 29 heavy (non-hydrogen) atoms. The molecule has 6 rings (SSSR count). The molecule has 5 heteroatoms. The predicted octanol–water partition coefficient (Wildman–Crippen LogP) is 2.94. The Balaban J connectivity index is 1.84. The summed E-state index contributed by atoms with van der Waals surface area (Å²) in [6.45, 7) is 1.16. The van der Waals surface area contributed by atoms with Crippen molar-refractivity contribution in [1.29, 1.82) is 0 Å². The van der Waals surface area contributed by atoms with Crippen LogP contribution in [0.5, 0.6) is 0 Å². The van der Waals surface area contributed by atoms with Crippen molar-refractivity contribution in [3.8, 4) is 11.1 Å². The maximum absolute atomic E-state index is 10.8. The Morgan fingerprint density at radius 2 is 1.93 bits per heavy atom. The molecule has 4 N–H and O–H groups in total. The Hall–Kier alpha value is -2.70. The molecule has 2 aliphatic rings. The van der Waals surface area contributed by atoms with E-state index in [1.807, 2.05) is 18.2 Å². The molecule has 1 aliphatic heterocycles. The van der Waals surface area contributed by atoms with Crippen molar-refractivity contribution >= 4 is 21.8 Å². The monoisotopic (exact) mass is 386 g/mol. The molecule has 0 bridgehead atoms. The maximum atomic E-state index is 10.8. The summed E-state index contributed by atoms with van der Waals surface area (Å²) in [5.41, 5.74) is 10.00. The molecule has 0 radical (unpaired) electrons. The van der Waals surface area contributed by atoms with Gasteiger partial charge in [0.2, 0.25) is 0 Å². The second-order valence-electron chi connectivity index (χ2n) is 7.97. The van der Waals surface area contributed by atoms with Gasteiger partial charge in [-0.25, -0.2) is 0 Å². The van der Waals surface area contributed by atoms with Crippen LogP contribution >= 0.6 is 0 Å². The average Bonchev–Trinajstić information content (AvgIpc) is 3.40. The van der Waals surface area contributed by atoms with Crippen LogP contribution in [0, 0.1) is 0 Å². The first-order valence-corrected chi connectivity index (χ1v) is 10.1. The molecular weight excluding hydrogens is 364 g/mol. The lowest BCUT2D eigenvalue weighted by molar-refractivity contribution is 0.152. The minimum atomic E-state index is -0.688. The third-order valence-electron chi connectivity index (χ3n) is 6.52. The Morgan fingerprint density at radius 1 is 1.07 bits per heavy atom. The van der Waals surface area contributed by atoms with Crippen LogP contribution in [0.1, 0.15) is 34.0 Å². The summed E-state index contributed by atoms with van der Waals surface area (Å²) in [6, 6.07) is 14.4. The van der Waals surface area contributed by atoms with Gasteiger partial charge in [-0.15, -0.1) is 0 Å². The normalized spacial score (nSPS) is 17.1. The van der Waals surface area contributed by atoms with E-state index in [0.717, 1.165) is 50.5 Å². The zero-order chi connectivity index (χ0) is 19.7. The van der Waals surface area contributed by atoms with Gasteiger partial charge in [0, 0.05) is 41.4 Å². The molecular formula is C24H22N2O3. The fourth-order valence-electron chi connectivity index (χ4n) is 5.39. The van der Waals surface area contributed by atoms with E-state index in [-0.39, 0.29) is 13.2 Å². The standard InChI is InChI=1S/C24H22N2O3/c27-8-7-26-19-6-5-13(12-28)9-16(19)21-18-11-25-24(29)22(18)20-15-4-2-1-3-14(15)10-17(20)23(21)26/h1-6,9,24-25,27-29H,7-8,10-12H2. The highest BCUT2D eigenvalue weighted by atomic mass is 16.3. The quantitative estimate of drug-likeness (QED) is 0.385. The summed E-state index contributed by atoms with van der Waals surface area (Å²) in [4.78, 5) is 0. The number of aliphatic hydroxyl groups excluding tert-OH is 3. The van der Waals surface area contributed by atoms with E-state index in [4.69, 9.17) is 0 Å². The first-order valence-electron chi connectivity index (χ1n) is 10.1. The van der Waals surface area contributed by atoms with Crippen LogP contribution in [0.3, 0.4) is 0 Å². The number of fused-ring (bicyclic) bond motifs is 10. The number of nitrogens with one attached hydrogen (secondary N) is 1. The molecule has 0 amide bonds. The second kappa shape index (κ2) is 6.15. The van der Waals surface area contributed by atoms with Gasteiger partial charge in [0.25, 0.3) is 0 Å². The van der Waals surface area contributed by atoms with E-state index < -0.39 is 6.23 Å². The van der Waals surface area contributed by atoms with E-state index in [2.05, 4.69) is 34.1 Å². The van der Waals surface area contributed by atoms with Crippen LogP contribution in [0.15, 0.2) is 42.5 Å². The first-order chi connectivity index (χ1) is 14.2. The predicted molar refractivity (Wildman–Crippen MR) is 112 cm³/mol. The van der Waals surface area contributed by atoms with Crippen LogP contribution in [-0.2, 0) is 26.1 Å². The largest absolute Gasteiger partial charge is 0.395 e. The van der Waals surface area contributed by atoms with Gasteiger partial charge in [-0.2, -0.15) is 0 Å². The molecule has 0 spiro atoms. The number of aliphatic hydroxyl groups is 3. The minimum absolute atomic E-state index is 0.0118. The van der Waals surface area contributed by atoms with Crippen LogP contribution in [-0.4, -0.2) is 26.5 Å². The van der Waals surface area contributed by atoms with Crippen molar-refractivity contribution in [1.82, 2.24) is 9.88 Å². The highest BCUT2D eigenvalue weighted by Gasteiger charge is 2.35. The molecule has 0 fully saturated rings. The molecule has 0 saturated carbocycles. The zero-order valence-electron chi connectivity index (χ0n) is 15.9. The maximum Gasteiger partial charge on any atom is 0.132 e. The van der Waals surface area contributed by atoms with Crippen LogP contribution < -0.4 is 5.32 Å². The van der Waals surface area contributed by atoms with Crippen molar-refractivity contribution in [2.75, 3.05) is 6.61 Å². The highest BCUT2D eigenvalue weighted by molar-refractivity contribution is 6.14. The summed E-state index contributed by atoms with van der Waals surface area (Å²) in [6.07, 6.45) is 0.128. The van der Waals surface area contributed by atoms with Gasteiger partial charge in [-0.05, 0) is 45.5 Å². The van der Waals surface area contributed by atoms with Crippen LogP contribution in [0.25, 0.3) is 32.9 Å². The molecule has 5 nitrogen and oxygen atoms in total. The molecule has 1 aromatic heterocycles. The number of aromatic nitrogens is 1. The Kier molecular flexibility index (Phi) is 3.64. The lowest BCUT2D eigenvalue weighted by Gasteiger charge is -2.15. The third kappa shape index (κ3) is 2.18. The SMILES string of the molecule is OCCn1c2ccc(CO)cc2c2c3c(c4c(c21)Cc1ccccc1-4)C(O)NC3. The van der Waals surface area contributed by atoms with Gasteiger partial charge >= 0.3 is 0 Å². The van der Waals surface area contributed by atoms with Crippen molar-refractivity contribution in [3.05, 3.63) is 70.3 Å². The number of rotatable bonds is 3. The van der Waals surface area contributed by atoms with Crippen molar-refractivity contribution < 1.29 is 15.3 Å². The second-order valence-corrected chi connectivity index (χ2v) is 7.97. The Morgan fingerprint density at radius 3 is 2.76 bits per heavy atom. The van der Waals surface area contributed by atoms with Gasteiger partial charge in [-0.1, -0.05) is 30.3 Å². The van der Waals surface area contributed by atoms with Gasteiger partial charge in [0.05, 0.1) is 18.7 Å². The molecule has 4 aromatic rings. The molecule has 1 aliphatic carbocycles. The van der Waals surface area contributed by atoms with E-state index in [1.165, 1.54) is 16.7 Å². The van der Waals surface area contributed by atoms with Crippen LogP contribution in [0.2, 0.25) is 0 Å². The number of hydrogen-bond acceptors (Lipinski definition) is 4. The topological polar surface area (TPSA) is 77.7 Å².